The van der Waals surface area contributed by atoms with Crippen LogP contribution in [0.25, 0.3) is 0 Å². The van der Waals surface area contributed by atoms with Crippen molar-refractivity contribution in [3.8, 4) is 0 Å². The van der Waals surface area contributed by atoms with Gasteiger partial charge in [0.2, 0.25) is 5.91 Å². The van der Waals surface area contributed by atoms with Gasteiger partial charge in [0.15, 0.2) is 0 Å². The number of benzene rings is 2. The molecule has 7 heteroatoms. The lowest BCUT2D eigenvalue weighted by Gasteiger charge is -2.13. The summed E-state index contributed by atoms with van der Waals surface area (Å²) < 4.78 is 13.7. The van der Waals surface area contributed by atoms with Crippen LogP contribution in [0.15, 0.2) is 36.4 Å². The monoisotopic (exact) mass is 374 g/mol. The van der Waals surface area contributed by atoms with Gasteiger partial charge in [-0.05, 0) is 43.7 Å². The molecule has 0 aromatic heterocycles. The lowest BCUT2D eigenvalue weighted by Crippen LogP contribution is -2.31. The zero-order valence-electron chi connectivity index (χ0n) is 14.0. The number of carbonyl (C=O) groups excluding carboxylic acids is 3. The average Bonchev–Trinajstić information content (AvgIpc) is 2.82. The third-order valence-corrected chi connectivity index (χ3v) is 4.35. The van der Waals surface area contributed by atoms with Gasteiger partial charge in [0.25, 0.3) is 11.8 Å². The first-order valence-electron chi connectivity index (χ1n) is 8.08. The highest BCUT2D eigenvalue weighted by Crippen LogP contribution is 2.24. The van der Waals surface area contributed by atoms with E-state index in [1.54, 1.807) is 18.2 Å². The van der Waals surface area contributed by atoms with Crippen molar-refractivity contribution in [1.29, 1.82) is 0 Å². The molecule has 1 heterocycles. The van der Waals surface area contributed by atoms with E-state index in [0.717, 1.165) is 16.5 Å². The van der Waals surface area contributed by atoms with Gasteiger partial charge in [-0.25, -0.2) is 4.39 Å². The Hall–Kier alpha value is -2.73. The summed E-state index contributed by atoms with van der Waals surface area (Å²) in [6.45, 7) is 1.98. The maximum atomic E-state index is 13.7. The van der Waals surface area contributed by atoms with E-state index < -0.39 is 11.7 Å². The third-order valence-electron chi connectivity index (χ3n) is 4.12. The fourth-order valence-electron chi connectivity index (χ4n) is 2.81. The van der Waals surface area contributed by atoms with Gasteiger partial charge < -0.3 is 5.32 Å². The summed E-state index contributed by atoms with van der Waals surface area (Å²) >= 11 is 5.66. The number of nitrogens with zero attached hydrogens (tertiary/aromatic N) is 1. The summed E-state index contributed by atoms with van der Waals surface area (Å²) in [5, 5.41) is 2.69. The molecule has 1 aliphatic heterocycles. The molecule has 2 aromatic rings. The van der Waals surface area contributed by atoms with E-state index in [4.69, 9.17) is 11.6 Å². The number of aryl methyl sites for hydroxylation is 1. The molecule has 0 unspecified atom stereocenters. The van der Waals surface area contributed by atoms with Crippen LogP contribution in [-0.2, 0) is 4.79 Å². The van der Waals surface area contributed by atoms with E-state index in [2.05, 4.69) is 5.32 Å². The van der Waals surface area contributed by atoms with Crippen molar-refractivity contribution in [3.63, 3.8) is 0 Å². The SMILES string of the molecule is Cc1ccc2c(c1)C(=O)N(CCCC(=O)Nc1ccc(Cl)cc1F)C2=O. The number of nitrogens with one attached hydrogen (secondary N) is 1. The molecular weight excluding hydrogens is 359 g/mol. The van der Waals surface area contributed by atoms with Crippen molar-refractivity contribution in [2.24, 2.45) is 0 Å². The molecule has 1 N–H and O–H groups in total. The van der Waals surface area contributed by atoms with Gasteiger partial charge in [-0.2, -0.15) is 0 Å². The number of fused-ring (bicyclic) bond motifs is 1. The summed E-state index contributed by atoms with van der Waals surface area (Å²) in [4.78, 5) is 37.7. The van der Waals surface area contributed by atoms with Gasteiger partial charge in [0, 0.05) is 18.0 Å². The van der Waals surface area contributed by atoms with Crippen molar-refractivity contribution in [2.75, 3.05) is 11.9 Å². The Bertz CT molecular complexity index is 914. The zero-order chi connectivity index (χ0) is 18.8. The van der Waals surface area contributed by atoms with Crippen molar-refractivity contribution in [3.05, 3.63) is 63.9 Å². The van der Waals surface area contributed by atoms with Gasteiger partial charge in [-0.3, -0.25) is 19.3 Å². The Morgan fingerprint density at radius 3 is 2.58 bits per heavy atom. The maximum absolute atomic E-state index is 13.7. The topological polar surface area (TPSA) is 66.5 Å². The Kier molecular flexibility index (Phi) is 5.04. The van der Waals surface area contributed by atoms with E-state index in [-0.39, 0.29) is 41.9 Å². The summed E-state index contributed by atoms with van der Waals surface area (Å²) in [5.74, 6) is -1.73. The fourth-order valence-corrected chi connectivity index (χ4v) is 2.97. The summed E-state index contributed by atoms with van der Waals surface area (Å²) in [6, 6.07) is 9.06. The molecule has 2 aromatic carbocycles. The van der Waals surface area contributed by atoms with E-state index >= 15 is 0 Å². The molecule has 0 spiro atoms. The zero-order valence-corrected chi connectivity index (χ0v) is 14.8. The van der Waals surface area contributed by atoms with Crippen LogP contribution >= 0.6 is 11.6 Å². The van der Waals surface area contributed by atoms with Gasteiger partial charge in [-0.1, -0.05) is 23.2 Å². The number of hydrogen-bond donors (Lipinski definition) is 1. The minimum atomic E-state index is -0.624. The third kappa shape index (κ3) is 3.60. The van der Waals surface area contributed by atoms with E-state index in [1.807, 2.05) is 6.92 Å². The molecule has 0 saturated carbocycles. The molecule has 0 bridgehead atoms. The average molecular weight is 375 g/mol. The minimum Gasteiger partial charge on any atom is -0.324 e. The number of halogens is 2. The van der Waals surface area contributed by atoms with Crippen LogP contribution in [0.3, 0.4) is 0 Å². The predicted molar refractivity (Wildman–Crippen MR) is 95.8 cm³/mol. The normalized spacial score (nSPS) is 13.1. The van der Waals surface area contributed by atoms with Crippen molar-refractivity contribution < 1.29 is 18.8 Å². The Morgan fingerprint density at radius 2 is 1.85 bits per heavy atom. The van der Waals surface area contributed by atoms with Crippen LogP contribution in [0.5, 0.6) is 0 Å². The molecule has 0 atom stereocenters. The lowest BCUT2D eigenvalue weighted by atomic mass is 10.1. The number of amides is 3. The Labute approximate surface area is 154 Å². The molecule has 1 aliphatic rings. The van der Waals surface area contributed by atoms with Crippen molar-refractivity contribution in [1.82, 2.24) is 4.90 Å². The van der Waals surface area contributed by atoms with Gasteiger partial charge in [0.05, 0.1) is 16.8 Å². The summed E-state index contributed by atoms with van der Waals surface area (Å²) in [5.41, 5.74) is 1.71. The quantitative estimate of drug-likeness (QED) is 0.809. The summed E-state index contributed by atoms with van der Waals surface area (Å²) in [7, 11) is 0. The van der Waals surface area contributed by atoms with Gasteiger partial charge in [0.1, 0.15) is 5.82 Å². The lowest BCUT2D eigenvalue weighted by molar-refractivity contribution is -0.116. The Morgan fingerprint density at radius 1 is 1.12 bits per heavy atom. The maximum Gasteiger partial charge on any atom is 0.261 e. The van der Waals surface area contributed by atoms with Crippen LogP contribution in [0.4, 0.5) is 10.1 Å². The van der Waals surface area contributed by atoms with Crippen LogP contribution < -0.4 is 5.32 Å². The van der Waals surface area contributed by atoms with Crippen molar-refractivity contribution >= 4 is 35.0 Å². The number of imide groups is 1. The Balaban J connectivity index is 1.56. The number of hydrogen-bond acceptors (Lipinski definition) is 3. The van der Waals surface area contributed by atoms with Crippen LogP contribution in [-0.4, -0.2) is 29.2 Å². The highest BCUT2D eigenvalue weighted by atomic mass is 35.5. The molecule has 0 fully saturated rings. The molecule has 0 aliphatic carbocycles. The molecule has 26 heavy (non-hydrogen) atoms. The standard InChI is InChI=1S/C19H16ClFN2O3/c1-11-4-6-13-14(9-11)19(26)23(18(13)25)8-2-3-17(24)22-16-7-5-12(20)10-15(16)21/h4-7,9-10H,2-3,8H2,1H3,(H,22,24). The predicted octanol–water partition coefficient (Wildman–Crippen LogP) is 3.80. The highest BCUT2D eigenvalue weighted by molar-refractivity contribution is 6.30. The number of rotatable bonds is 5. The van der Waals surface area contributed by atoms with Crippen LogP contribution in [0.1, 0.15) is 39.1 Å². The first-order valence-corrected chi connectivity index (χ1v) is 8.46. The first-order chi connectivity index (χ1) is 12.4. The van der Waals surface area contributed by atoms with Crippen molar-refractivity contribution in [2.45, 2.75) is 19.8 Å². The smallest absolute Gasteiger partial charge is 0.261 e. The highest BCUT2D eigenvalue weighted by Gasteiger charge is 2.34. The van der Waals surface area contributed by atoms with Gasteiger partial charge in [-0.15, -0.1) is 0 Å². The molecular formula is C19H16ClFN2O3. The number of carbonyl (C=O) groups is 3. The molecule has 134 valence electrons. The van der Waals surface area contributed by atoms with E-state index in [0.29, 0.717) is 11.1 Å². The molecule has 5 nitrogen and oxygen atoms in total. The molecule has 0 radical (unpaired) electrons. The van der Waals surface area contributed by atoms with Crippen LogP contribution in [0, 0.1) is 12.7 Å². The largest absolute Gasteiger partial charge is 0.324 e. The second-order valence-electron chi connectivity index (χ2n) is 6.09. The number of anilines is 1. The first kappa shape index (κ1) is 18.1. The van der Waals surface area contributed by atoms with Crippen LogP contribution in [0.2, 0.25) is 5.02 Å². The minimum absolute atomic E-state index is 0.0376. The second kappa shape index (κ2) is 7.25. The molecule has 0 saturated heterocycles. The fraction of sp³-hybridized carbons (Fsp3) is 0.211. The van der Waals surface area contributed by atoms with Gasteiger partial charge >= 0.3 is 0 Å². The second-order valence-corrected chi connectivity index (χ2v) is 6.52. The molecule has 3 amide bonds. The van der Waals surface area contributed by atoms with E-state index in [1.165, 1.54) is 12.1 Å². The molecule has 3 rings (SSSR count). The summed E-state index contributed by atoms with van der Waals surface area (Å²) in [6.07, 6.45) is 0.333. The van der Waals surface area contributed by atoms with E-state index in [9.17, 15) is 18.8 Å².